The monoisotopic (exact) mass is 314 g/mol. The summed E-state index contributed by atoms with van der Waals surface area (Å²) in [5.41, 5.74) is 6.65. The normalized spacial score (nSPS) is 25.2. The summed E-state index contributed by atoms with van der Waals surface area (Å²) in [6.07, 6.45) is 0.938. The Labute approximate surface area is 114 Å². The van der Waals surface area contributed by atoms with Gasteiger partial charge in [-0.3, -0.25) is 4.79 Å². The van der Waals surface area contributed by atoms with Gasteiger partial charge in [0.15, 0.2) is 0 Å². The van der Waals surface area contributed by atoms with Crippen LogP contribution in [0.15, 0.2) is 28.7 Å². The molecular formula is C12H15BrN2OS. The molecule has 0 aromatic heterocycles. The number of carbonyl (C=O) groups excluding carboxylic acids is 1. The zero-order chi connectivity index (χ0) is 12.3. The highest BCUT2D eigenvalue weighted by Crippen LogP contribution is 2.35. The molecule has 0 radical (unpaired) electrons. The van der Waals surface area contributed by atoms with E-state index in [0.717, 1.165) is 22.2 Å². The Balaban J connectivity index is 2.21. The zero-order valence-corrected chi connectivity index (χ0v) is 11.8. The summed E-state index contributed by atoms with van der Waals surface area (Å²) >= 11 is 5.18. The van der Waals surface area contributed by atoms with Crippen LogP contribution in [0, 0.1) is 0 Å². The molecule has 1 aromatic rings. The van der Waals surface area contributed by atoms with Gasteiger partial charge in [-0.1, -0.05) is 34.1 Å². The van der Waals surface area contributed by atoms with Gasteiger partial charge in [-0.2, -0.15) is 0 Å². The largest absolute Gasteiger partial charge is 0.351 e. The van der Waals surface area contributed by atoms with Crippen LogP contribution >= 0.6 is 27.7 Å². The Kier molecular flexibility index (Phi) is 4.48. The van der Waals surface area contributed by atoms with Crippen LogP contribution < -0.4 is 11.1 Å². The third-order valence-electron chi connectivity index (χ3n) is 2.81. The van der Waals surface area contributed by atoms with Crippen LogP contribution in [-0.4, -0.2) is 24.2 Å². The zero-order valence-electron chi connectivity index (χ0n) is 9.36. The molecule has 1 amide bonds. The van der Waals surface area contributed by atoms with Crippen LogP contribution in [0.1, 0.15) is 17.2 Å². The van der Waals surface area contributed by atoms with Gasteiger partial charge in [-0.25, -0.2) is 0 Å². The molecule has 2 rings (SSSR count). The first kappa shape index (κ1) is 12.9. The van der Waals surface area contributed by atoms with Gasteiger partial charge >= 0.3 is 0 Å². The maximum absolute atomic E-state index is 12.1. The summed E-state index contributed by atoms with van der Waals surface area (Å²) in [6, 6.07) is 7.98. The number of amides is 1. The number of benzene rings is 1. The molecule has 1 saturated heterocycles. The molecule has 17 heavy (non-hydrogen) atoms. The van der Waals surface area contributed by atoms with Crippen molar-refractivity contribution in [3.05, 3.63) is 34.3 Å². The molecule has 1 heterocycles. The van der Waals surface area contributed by atoms with Gasteiger partial charge in [0.1, 0.15) is 5.25 Å². The van der Waals surface area contributed by atoms with Gasteiger partial charge in [0.2, 0.25) is 5.91 Å². The first-order valence-corrected chi connectivity index (χ1v) is 7.43. The highest BCUT2D eigenvalue weighted by atomic mass is 79.9. The van der Waals surface area contributed by atoms with Crippen LogP contribution in [0.2, 0.25) is 0 Å². The highest BCUT2D eigenvalue weighted by Gasteiger charge is 2.27. The van der Waals surface area contributed by atoms with Crippen LogP contribution in [0.5, 0.6) is 0 Å². The summed E-state index contributed by atoms with van der Waals surface area (Å²) in [4.78, 5) is 12.1. The molecule has 0 spiro atoms. The van der Waals surface area contributed by atoms with Gasteiger partial charge in [0, 0.05) is 17.1 Å². The van der Waals surface area contributed by atoms with Crippen molar-refractivity contribution in [2.45, 2.75) is 17.7 Å². The molecule has 0 saturated carbocycles. The van der Waals surface area contributed by atoms with Crippen LogP contribution in [0.3, 0.4) is 0 Å². The lowest BCUT2D eigenvalue weighted by molar-refractivity contribution is -0.121. The highest BCUT2D eigenvalue weighted by molar-refractivity contribution is 9.10. The maximum atomic E-state index is 12.1. The molecule has 1 aliphatic rings. The van der Waals surface area contributed by atoms with E-state index in [4.69, 9.17) is 5.73 Å². The van der Waals surface area contributed by atoms with Gasteiger partial charge in [-0.15, -0.1) is 11.8 Å². The SMILES string of the molecule is NC[C@@H]1CCS[C@H](c2ccccc2Br)C(=O)N1. The van der Waals surface area contributed by atoms with Crippen molar-refractivity contribution in [1.82, 2.24) is 5.32 Å². The lowest BCUT2D eigenvalue weighted by atomic mass is 10.1. The van der Waals surface area contributed by atoms with Crippen LogP contribution in [-0.2, 0) is 4.79 Å². The van der Waals surface area contributed by atoms with Crippen molar-refractivity contribution >= 4 is 33.6 Å². The molecule has 3 N–H and O–H groups in total. The smallest absolute Gasteiger partial charge is 0.237 e. The summed E-state index contributed by atoms with van der Waals surface area (Å²) in [5.74, 6) is 1.02. The number of rotatable bonds is 2. The van der Waals surface area contributed by atoms with E-state index in [1.807, 2.05) is 24.3 Å². The third-order valence-corrected chi connectivity index (χ3v) is 4.80. The molecule has 2 atom stereocenters. The van der Waals surface area contributed by atoms with Gasteiger partial charge < -0.3 is 11.1 Å². The molecule has 0 aliphatic carbocycles. The molecule has 5 heteroatoms. The van der Waals surface area contributed by atoms with E-state index in [9.17, 15) is 4.79 Å². The molecule has 1 fully saturated rings. The van der Waals surface area contributed by atoms with Crippen molar-refractivity contribution in [2.75, 3.05) is 12.3 Å². The number of nitrogens with one attached hydrogen (secondary N) is 1. The van der Waals surface area contributed by atoms with Crippen molar-refractivity contribution in [3.63, 3.8) is 0 Å². The fourth-order valence-electron chi connectivity index (χ4n) is 1.85. The van der Waals surface area contributed by atoms with E-state index in [0.29, 0.717) is 6.54 Å². The average Bonchev–Trinajstić information content (AvgIpc) is 2.52. The average molecular weight is 315 g/mol. The Bertz CT molecular complexity index is 413. The van der Waals surface area contributed by atoms with Crippen molar-refractivity contribution in [1.29, 1.82) is 0 Å². The van der Waals surface area contributed by atoms with Crippen LogP contribution in [0.25, 0.3) is 0 Å². The topological polar surface area (TPSA) is 55.1 Å². The van der Waals surface area contributed by atoms with Crippen molar-refractivity contribution in [3.8, 4) is 0 Å². The van der Waals surface area contributed by atoms with Gasteiger partial charge in [0.05, 0.1) is 0 Å². The minimum absolute atomic E-state index is 0.0647. The van der Waals surface area contributed by atoms with Crippen LogP contribution in [0.4, 0.5) is 0 Å². The Morgan fingerprint density at radius 2 is 2.24 bits per heavy atom. The molecule has 3 nitrogen and oxygen atoms in total. The van der Waals surface area contributed by atoms with E-state index in [2.05, 4.69) is 21.2 Å². The van der Waals surface area contributed by atoms with E-state index in [1.54, 1.807) is 11.8 Å². The minimum atomic E-state index is -0.137. The lowest BCUT2D eigenvalue weighted by Crippen LogP contribution is -2.40. The molecular weight excluding hydrogens is 300 g/mol. The molecule has 0 unspecified atom stereocenters. The predicted octanol–water partition coefficient (Wildman–Crippen LogP) is 2.07. The fourth-order valence-corrected chi connectivity index (χ4v) is 3.77. The predicted molar refractivity (Wildman–Crippen MR) is 74.9 cm³/mol. The lowest BCUT2D eigenvalue weighted by Gasteiger charge is -2.16. The van der Waals surface area contributed by atoms with Crippen molar-refractivity contribution in [2.24, 2.45) is 5.73 Å². The number of carbonyl (C=O) groups is 1. The second-order valence-corrected chi connectivity index (χ2v) is 6.07. The first-order valence-electron chi connectivity index (χ1n) is 5.59. The molecule has 92 valence electrons. The number of hydrogen-bond donors (Lipinski definition) is 2. The van der Waals surface area contributed by atoms with E-state index < -0.39 is 0 Å². The molecule has 1 aromatic carbocycles. The van der Waals surface area contributed by atoms with Crippen molar-refractivity contribution < 1.29 is 4.79 Å². The Morgan fingerprint density at radius 1 is 1.47 bits per heavy atom. The second kappa shape index (κ2) is 5.89. The Hall–Kier alpha value is -0.520. The standard InChI is InChI=1S/C12H15BrN2OS/c13-10-4-2-1-3-9(10)11-12(16)15-8(7-14)5-6-17-11/h1-4,8,11H,5-7,14H2,(H,15,16)/t8-,11+/m0/s1. The van der Waals surface area contributed by atoms with Gasteiger partial charge in [0.25, 0.3) is 0 Å². The third kappa shape index (κ3) is 3.03. The molecule has 1 aliphatic heterocycles. The number of thioether (sulfide) groups is 1. The summed E-state index contributed by atoms with van der Waals surface area (Å²) < 4.78 is 0.985. The number of nitrogens with two attached hydrogens (primary N) is 1. The number of halogens is 1. The quantitative estimate of drug-likeness (QED) is 0.878. The second-order valence-electron chi connectivity index (χ2n) is 4.00. The Morgan fingerprint density at radius 3 is 2.94 bits per heavy atom. The fraction of sp³-hybridized carbons (Fsp3) is 0.417. The summed E-state index contributed by atoms with van der Waals surface area (Å²) in [5, 5.41) is 2.86. The van der Waals surface area contributed by atoms with E-state index in [1.165, 1.54) is 0 Å². The summed E-state index contributed by atoms with van der Waals surface area (Å²) in [6.45, 7) is 0.509. The first-order chi connectivity index (χ1) is 8.22. The summed E-state index contributed by atoms with van der Waals surface area (Å²) in [7, 11) is 0. The minimum Gasteiger partial charge on any atom is -0.351 e. The molecule has 0 bridgehead atoms. The van der Waals surface area contributed by atoms with Gasteiger partial charge in [-0.05, 0) is 23.8 Å². The van der Waals surface area contributed by atoms with E-state index >= 15 is 0 Å². The number of hydrogen-bond acceptors (Lipinski definition) is 3. The van der Waals surface area contributed by atoms with E-state index in [-0.39, 0.29) is 17.2 Å². The maximum Gasteiger partial charge on any atom is 0.237 e.